The molecule has 1 aliphatic heterocycles. The molecule has 9 nitrogen and oxygen atoms in total. The number of benzene rings is 2. The zero-order valence-corrected chi connectivity index (χ0v) is 17.8. The Hall–Kier alpha value is -4.01. The number of nitrogens with one attached hydrogen (secondary N) is 2. The number of rotatable bonds is 5. The molecule has 0 aliphatic carbocycles. The van der Waals surface area contributed by atoms with Crippen molar-refractivity contribution in [1.82, 2.24) is 20.3 Å². The van der Waals surface area contributed by atoms with Gasteiger partial charge in [-0.2, -0.15) is 0 Å². The molecule has 0 spiro atoms. The van der Waals surface area contributed by atoms with Crippen molar-refractivity contribution in [1.29, 1.82) is 0 Å². The molecule has 3 aromatic rings. The summed E-state index contributed by atoms with van der Waals surface area (Å²) in [6, 6.07) is 13.3. The highest BCUT2D eigenvalue weighted by Crippen LogP contribution is 2.20. The van der Waals surface area contributed by atoms with Gasteiger partial charge in [0.15, 0.2) is 0 Å². The van der Waals surface area contributed by atoms with E-state index in [9.17, 15) is 19.2 Å². The number of fused-ring (bicyclic) bond motifs is 1. The smallest absolute Gasteiger partial charge is 0.258 e. The van der Waals surface area contributed by atoms with Crippen LogP contribution in [0.4, 0.5) is 5.69 Å². The first-order valence-corrected chi connectivity index (χ1v) is 10.3. The van der Waals surface area contributed by atoms with E-state index in [1.165, 1.54) is 5.01 Å². The van der Waals surface area contributed by atoms with Crippen molar-refractivity contribution in [2.45, 2.75) is 39.3 Å². The molecule has 0 radical (unpaired) electrons. The first-order chi connectivity index (χ1) is 15.3. The van der Waals surface area contributed by atoms with Crippen LogP contribution in [0.15, 0.2) is 53.3 Å². The minimum Gasteiger partial charge on any atom is -0.329 e. The van der Waals surface area contributed by atoms with Crippen molar-refractivity contribution in [3.8, 4) is 0 Å². The van der Waals surface area contributed by atoms with E-state index in [1.807, 2.05) is 13.8 Å². The highest BCUT2D eigenvalue weighted by atomic mass is 16.2. The predicted molar refractivity (Wildman–Crippen MR) is 119 cm³/mol. The minimum absolute atomic E-state index is 0.138. The second-order valence-electron chi connectivity index (χ2n) is 7.87. The second kappa shape index (κ2) is 8.62. The van der Waals surface area contributed by atoms with Crippen LogP contribution in [0, 0.1) is 0 Å². The molecule has 0 saturated carbocycles. The van der Waals surface area contributed by atoms with Crippen LogP contribution in [-0.4, -0.2) is 38.6 Å². The summed E-state index contributed by atoms with van der Waals surface area (Å²) in [4.78, 5) is 58.1. The summed E-state index contributed by atoms with van der Waals surface area (Å²) in [6.07, 6.45) is 0.310. The fourth-order valence-corrected chi connectivity index (χ4v) is 3.56. The summed E-state index contributed by atoms with van der Waals surface area (Å²) in [5.74, 6) is -0.281. The number of H-pyrrole nitrogens is 1. The van der Waals surface area contributed by atoms with Crippen LogP contribution in [0.25, 0.3) is 10.9 Å². The molecular weight excluding hydrogens is 410 g/mol. The third-order valence-corrected chi connectivity index (χ3v) is 5.29. The predicted octanol–water partition coefficient (Wildman–Crippen LogP) is 2.13. The fraction of sp³-hybridized carbons (Fsp3) is 0.261. The van der Waals surface area contributed by atoms with E-state index in [0.717, 1.165) is 0 Å². The van der Waals surface area contributed by atoms with E-state index in [2.05, 4.69) is 15.4 Å². The summed E-state index contributed by atoms with van der Waals surface area (Å²) in [7, 11) is 0. The van der Waals surface area contributed by atoms with Crippen molar-refractivity contribution < 1.29 is 14.4 Å². The molecule has 1 aliphatic rings. The molecule has 1 fully saturated rings. The molecular formula is C23H23N5O4. The zero-order chi connectivity index (χ0) is 22.8. The average Bonchev–Trinajstić information content (AvgIpc) is 2.78. The number of para-hydroxylation sites is 1. The summed E-state index contributed by atoms with van der Waals surface area (Å²) in [6.45, 7) is 3.90. The largest absolute Gasteiger partial charge is 0.329 e. The van der Waals surface area contributed by atoms with Gasteiger partial charge in [-0.25, -0.2) is 9.99 Å². The molecule has 32 heavy (non-hydrogen) atoms. The Morgan fingerprint density at radius 2 is 1.78 bits per heavy atom. The highest BCUT2D eigenvalue weighted by molar-refractivity contribution is 6.01. The lowest BCUT2D eigenvalue weighted by Gasteiger charge is -2.28. The maximum atomic E-state index is 13.2. The van der Waals surface area contributed by atoms with Gasteiger partial charge in [0.2, 0.25) is 11.8 Å². The van der Waals surface area contributed by atoms with Gasteiger partial charge in [0.1, 0.15) is 5.82 Å². The van der Waals surface area contributed by atoms with E-state index >= 15 is 0 Å². The Morgan fingerprint density at radius 1 is 1.06 bits per heavy atom. The SMILES string of the molecule is CC(C)N(Cc1nc2ccccc2c(=O)[nH]1)C(=O)c1ccc(N2NC(=O)CCC2=O)cc1. The van der Waals surface area contributed by atoms with Crippen LogP contribution in [0.1, 0.15) is 42.9 Å². The van der Waals surface area contributed by atoms with Gasteiger partial charge in [0, 0.05) is 24.4 Å². The number of hydrogen-bond acceptors (Lipinski definition) is 5. The number of anilines is 1. The third-order valence-electron chi connectivity index (χ3n) is 5.29. The maximum Gasteiger partial charge on any atom is 0.258 e. The molecule has 164 valence electrons. The van der Waals surface area contributed by atoms with Crippen LogP contribution in [0.2, 0.25) is 0 Å². The molecule has 3 amide bonds. The number of carbonyl (C=O) groups is 3. The van der Waals surface area contributed by atoms with Gasteiger partial charge in [-0.3, -0.25) is 24.6 Å². The molecule has 4 rings (SSSR count). The lowest BCUT2D eigenvalue weighted by Crippen LogP contribution is -2.50. The third kappa shape index (κ3) is 4.22. The zero-order valence-electron chi connectivity index (χ0n) is 17.8. The summed E-state index contributed by atoms with van der Waals surface area (Å²) >= 11 is 0. The lowest BCUT2D eigenvalue weighted by atomic mass is 10.1. The number of aromatic nitrogens is 2. The molecule has 1 aromatic heterocycles. The number of hydrazine groups is 1. The molecule has 0 unspecified atom stereocenters. The average molecular weight is 433 g/mol. The first kappa shape index (κ1) is 21.2. The van der Waals surface area contributed by atoms with Crippen molar-refractivity contribution >= 4 is 34.3 Å². The Kier molecular flexibility index (Phi) is 5.72. The topological polar surface area (TPSA) is 115 Å². The molecule has 1 saturated heterocycles. The van der Waals surface area contributed by atoms with Gasteiger partial charge in [-0.05, 0) is 50.2 Å². The number of amides is 3. The Labute approximate surface area is 184 Å². The molecule has 2 N–H and O–H groups in total. The summed E-state index contributed by atoms with van der Waals surface area (Å²) < 4.78 is 0. The normalized spacial score (nSPS) is 14.0. The minimum atomic E-state index is -0.251. The number of nitrogens with zero attached hydrogens (tertiary/aromatic N) is 3. The van der Waals surface area contributed by atoms with E-state index in [4.69, 9.17) is 0 Å². The van der Waals surface area contributed by atoms with E-state index < -0.39 is 0 Å². The standard InChI is InChI=1S/C23H23N5O4/c1-14(2)27(13-19-24-18-6-4-3-5-17(18)22(31)25-19)23(32)15-7-9-16(10-8-15)28-21(30)12-11-20(29)26-28/h3-10,14H,11-13H2,1-2H3,(H,26,29)(H,24,25,31). The molecule has 9 heteroatoms. The van der Waals surface area contributed by atoms with E-state index in [1.54, 1.807) is 53.4 Å². The quantitative estimate of drug-likeness (QED) is 0.640. The molecule has 0 bridgehead atoms. The Bertz CT molecular complexity index is 1250. The Balaban J connectivity index is 1.57. The van der Waals surface area contributed by atoms with E-state index in [-0.39, 0.29) is 48.7 Å². The summed E-state index contributed by atoms with van der Waals surface area (Å²) in [5, 5.41) is 1.69. The van der Waals surface area contributed by atoms with Gasteiger partial charge in [-0.15, -0.1) is 0 Å². The van der Waals surface area contributed by atoms with Crippen LogP contribution in [0.5, 0.6) is 0 Å². The number of hydrogen-bond donors (Lipinski definition) is 2. The number of aromatic amines is 1. The van der Waals surface area contributed by atoms with Crippen LogP contribution >= 0.6 is 0 Å². The van der Waals surface area contributed by atoms with Gasteiger partial charge < -0.3 is 9.88 Å². The monoisotopic (exact) mass is 433 g/mol. The van der Waals surface area contributed by atoms with Crippen molar-refractivity contribution in [2.24, 2.45) is 0 Å². The lowest BCUT2D eigenvalue weighted by molar-refractivity contribution is -0.130. The first-order valence-electron chi connectivity index (χ1n) is 10.3. The molecule has 2 heterocycles. The van der Waals surface area contributed by atoms with Crippen LogP contribution < -0.4 is 16.0 Å². The number of carbonyl (C=O) groups excluding carboxylic acids is 3. The summed E-state index contributed by atoms with van der Waals surface area (Å²) in [5.41, 5.74) is 3.75. The van der Waals surface area contributed by atoms with Crippen LogP contribution in [0.3, 0.4) is 0 Å². The maximum absolute atomic E-state index is 13.2. The van der Waals surface area contributed by atoms with Gasteiger partial charge >= 0.3 is 0 Å². The molecule has 2 aromatic carbocycles. The van der Waals surface area contributed by atoms with E-state index in [0.29, 0.717) is 28.0 Å². The van der Waals surface area contributed by atoms with Crippen molar-refractivity contribution in [3.05, 3.63) is 70.3 Å². The van der Waals surface area contributed by atoms with Crippen molar-refractivity contribution in [2.75, 3.05) is 5.01 Å². The van der Waals surface area contributed by atoms with Gasteiger partial charge in [0.25, 0.3) is 11.5 Å². The Morgan fingerprint density at radius 3 is 2.50 bits per heavy atom. The highest BCUT2D eigenvalue weighted by Gasteiger charge is 2.25. The van der Waals surface area contributed by atoms with Crippen molar-refractivity contribution in [3.63, 3.8) is 0 Å². The van der Waals surface area contributed by atoms with Gasteiger partial charge in [0.05, 0.1) is 23.1 Å². The van der Waals surface area contributed by atoms with Crippen LogP contribution in [-0.2, 0) is 16.1 Å². The molecule has 0 atom stereocenters. The second-order valence-corrected chi connectivity index (χ2v) is 7.87. The van der Waals surface area contributed by atoms with Gasteiger partial charge in [-0.1, -0.05) is 12.1 Å². The fourth-order valence-electron chi connectivity index (χ4n) is 3.56.